The molecule has 5 nitrogen and oxygen atoms in total. The van der Waals surface area contributed by atoms with Gasteiger partial charge in [-0.1, -0.05) is 18.2 Å². The summed E-state index contributed by atoms with van der Waals surface area (Å²) in [6.07, 6.45) is 0. The highest BCUT2D eigenvalue weighted by Gasteiger charge is 2.09. The predicted octanol–water partition coefficient (Wildman–Crippen LogP) is 4.03. The molecule has 0 unspecified atom stereocenters. The molecule has 132 valence electrons. The molecule has 0 aliphatic heterocycles. The fourth-order valence-corrected chi connectivity index (χ4v) is 2.59. The van der Waals surface area contributed by atoms with Gasteiger partial charge in [0.1, 0.15) is 11.5 Å². The van der Waals surface area contributed by atoms with Crippen molar-refractivity contribution in [2.75, 3.05) is 19.5 Å². The average molecular weight is 357 g/mol. The van der Waals surface area contributed by atoms with Crippen molar-refractivity contribution < 1.29 is 9.47 Å². The number of hydrazone groups is 1. The smallest absolute Gasteiger partial charge is 0.191 e. The summed E-state index contributed by atoms with van der Waals surface area (Å²) < 4.78 is 10.6. The molecule has 0 saturated heterocycles. The van der Waals surface area contributed by atoms with Crippen LogP contribution in [0.25, 0.3) is 0 Å². The van der Waals surface area contributed by atoms with Gasteiger partial charge in [0.05, 0.1) is 19.9 Å². The largest absolute Gasteiger partial charge is 0.497 e. The Balaban J connectivity index is 2.12. The molecule has 2 aromatic carbocycles. The summed E-state index contributed by atoms with van der Waals surface area (Å²) in [5, 5.41) is 7.98. The van der Waals surface area contributed by atoms with Crippen LogP contribution < -0.4 is 20.2 Å². The van der Waals surface area contributed by atoms with Crippen molar-refractivity contribution in [1.29, 1.82) is 0 Å². The van der Waals surface area contributed by atoms with Crippen LogP contribution in [0.2, 0.25) is 0 Å². The summed E-state index contributed by atoms with van der Waals surface area (Å²) in [7, 11) is 3.24. The number of benzene rings is 2. The number of nitrogens with zero attached hydrogens (tertiary/aromatic N) is 1. The van der Waals surface area contributed by atoms with Crippen LogP contribution >= 0.6 is 12.2 Å². The minimum absolute atomic E-state index is 0.434. The van der Waals surface area contributed by atoms with Crippen LogP contribution in [0.4, 0.5) is 5.69 Å². The third-order valence-corrected chi connectivity index (χ3v) is 4.04. The summed E-state index contributed by atoms with van der Waals surface area (Å²) in [5.74, 6) is 1.42. The Labute approximate surface area is 154 Å². The van der Waals surface area contributed by atoms with Gasteiger partial charge in [-0.2, -0.15) is 5.10 Å². The van der Waals surface area contributed by atoms with Crippen LogP contribution in [0.3, 0.4) is 0 Å². The SMILES string of the molecule is COc1ccc(/C(C)=N/NC(=S)Nc2c(C)cccc2C)c(OC)c1. The van der Waals surface area contributed by atoms with Gasteiger partial charge in [-0.25, -0.2) is 0 Å². The fraction of sp³-hybridized carbons (Fsp3) is 0.263. The molecule has 0 amide bonds. The Hall–Kier alpha value is -2.60. The first-order valence-electron chi connectivity index (χ1n) is 7.86. The highest BCUT2D eigenvalue weighted by atomic mass is 32.1. The van der Waals surface area contributed by atoms with Crippen LogP contribution in [-0.4, -0.2) is 25.0 Å². The van der Waals surface area contributed by atoms with E-state index in [1.165, 1.54) is 0 Å². The van der Waals surface area contributed by atoms with E-state index in [1.807, 2.05) is 57.2 Å². The second-order valence-corrected chi connectivity index (χ2v) is 6.00. The lowest BCUT2D eigenvalue weighted by atomic mass is 10.1. The number of aryl methyl sites for hydroxylation is 2. The number of hydrogen-bond donors (Lipinski definition) is 2. The van der Waals surface area contributed by atoms with Crippen molar-refractivity contribution in [3.05, 3.63) is 53.1 Å². The topological polar surface area (TPSA) is 54.9 Å². The van der Waals surface area contributed by atoms with Crippen LogP contribution in [0.1, 0.15) is 23.6 Å². The molecule has 25 heavy (non-hydrogen) atoms. The minimum atomic E-state index is 0.434. The average Bonchev–Trinajstić information content (AvgIpc) is 2.62. The Morgan fingerprint density at radius 3 is 2.32 bits per heavy atom. The van der Waals surface area contributed by atoms with E-state index in [9.17, 15) is 0 Å². The first kappa shape index (κ1) is 18.7. The quantitative estimate of drug-likeness (QED) is 0.481. The van der Waals surface area contributed by atoms with E-state index in [2.05, 4.69) is 15.8 Å². The third kappa shape index (κ3) is 4.70. The number of hydrogen-bond acceptors (Lipinski definition) is 4. The number of nitrogens with one attached hydrogen (secondary N) is 2. The molecule has 0 atom stereocenters. The number of methoxy groups -OCH3 is 2. The lowest BCUT2D eigenvalue weighted by Gasteiger charge is -2.14. The van der Waals surface area contributed by atoms with E-state index >= 15 is 0 Å². The fourth-order valence-electron chi connectivity index (χ4n) is 2.45. The molecule has 0 bridgehead atoms. The predicted molar refractivity (Wildman–Crippen MR) is 107 cm³/mol. The molecule has 0 fully saturated rings. The second kappa shape index (κ2) is 8.48. The molecular weight excluding hydrogens is 334 g/mol. The van der Waals surface area contributed by atoms with Gasteiger partial charge in [0, 0.05) is 17.3 Å². The Kier molecular flexibility index (Phi) is 6.36. The first-order chi connectivity index (χ1) is 12.0. The maximum Gasteiger partial charge on any atom is 0.191 e. The van der Waals surface area contributed by atoms with E-state index in [0.717, 1.165) is 33.8 Å². The maximum atomic E-state index is 5.41. The van der Waals surface area contributed by atoms with Gasteiger partial charge < -0.3 is 14.8 Å². The van der Waals surface area contributed by atoms with E-state index in [4.69, 9.17) is 21.7 Å². The highest BCUT2D eigenvalue weighted by molar-refractivity contribution is 7.80. The molecule has 0 aliphatic rings. The lowest BCUT2D eigenvalue weighted by Crippen LogP contribution is -2.25. The number of ether oxygens (including phenoxy) is 2. The van der Waals surface area contributed by atoms with Crippen LogP contribution in [0.5, 0.6) is 11.5 Å². The van der Waals surface area contributed by atoms with Gasteiger partial charge in [-0.05, 0) is 56.2 Å². The normalized spacial score (nSPS) is 11.0. The lowest BCUT2D eigenvalue weighted by molar-refractivity contribution is 0.394. The van der Waals surface area contributed by atoms with E-state index < -0.39 is 0 Å². The van der Waals surface area contributed by atoms with Gasteiger partial charge in [0.15, 0.2) is 5.11 Å². The molecule has 2 rings (SSSR count). The van der Waals surface area contributed by atoms with Crippen molar-refractivity contribution in [2.24, 2.45) is 5.10 Å². The molecule has 2 aromatic rings. The Morgan fingerprint density at radius 2 is 1.72 bits per heavy atom. The molecule has 0 aromatic heterocycles. The third-order valence-electron chi connectivity index (χ3n) is 3.84. The van der Waals surface area contributed by atoms with E-state index in [-0.39, 0.29) is 0 Å². The second-order valence-electron chi connectivity index (χ2n) is 5.60. The maximum absolute atomic E-state index is 5.41. The summed E-state index contributed by atoms with van der Waals surface area (Å²) >= 11 is 5.34. The summed E-state index contributed by atoms with van der Waals surface area (Å²) in [5.41, 5.74) is 7.75. The molecule has 0 saturated carbocycles. The van der Waals surface area contributed by atoms with Crippen molar-refractivity contribution >= 4 is 28.7 Å². The molecule has 2 N–H and O–H groups in total. The first-order valence-corrected chi connectivity index (χ1v) is 8.27. The monoisotopic (exact) mass is 357 g/mol. The highest BCUT2D eigenvalue weighted by Crippen LogP contribution is 2.25. The van der Waals surface area contributed by atoms with Crippen LogP contribution in [0.15, 0.2) is 41.5 Å². The van der Waals surface area contributed by atoms with Gasteiger partial charge in [0.2, 0.25) is 0 Å². The number of anilines is 1. The standard InChI is InChI=1S/C19H23N3O2S/c1-12-7-6-8-13(2)18(12)20-19(25)22-21-14(3)16-10-9-15(23-4)11-17(16)24-5/h6-11H,1-5H3,(H2,20,22,25)/b21-14+. The molecular formula is C19H23N3O2S. The van der Waals surface area contributed by atoms with Gasteiger partial charge in [0.25, 0.3) is 0 Å². The molecule has 0 spiro atoms. The zero-order valence-electron chi connectivity index (χ0n) is 15.1. The number of thiocarbonyl (C=S) groups is 1. The van der Waals surface area contributed by atoms with Crippen LogP contribution in [-0.2, 0) is 0 Å². The molecule has 0 radical (unpaired) electrons. The van der Waals surface area contributed by atoms with Crippen molar-refractivity contribution in [3.63, 3.8) is 0 Å². The minimum Gasteiger partial charge on any atom is -0.497 e. The summed E-state index contributed by atoms with van der Waals surface area (Å²) in [6, 6.07) is 11.7. The van der Waals surface area contributed by atoms with Gasteiger partial charge in [-0.3, -0.25) is 5.43 Å². The molecule has 0 aliphatic carbocycles. The van der Waals surface area contributed by atoms with Crippen molar-refractivity contribution in [1.82, 2.24) is 5.43 Å². The zero-order valence-corrected chi connectivity index (χ0v) is 16.0. The van der Waals surface area contributed by atoms with E-state index in [0.29, 0.717) is 10.9 Å². The summed E-state index contributed by atoms with van der Waals surface area (Å²) in [6.45, 7) is 5.96. The number of rotatable bonds is 5. The Morgan fingerprint density at radius 1 is 1.04 bits per heavy atom. The molecule has 6 heteroatoms. The van der Waals surface area contributed by atoms with Crippen LogP contribution in [0, 0.1) is 13.8 Å². The van der Waals surface area contributed by atoms with Gasteiger partial charge in [-0.15, -0.1) is 0 Å². The summed E-state index contributed by atoms with van der Waals surface area (Å²) in [4.78, 5) is 0. The Bertz CT molecular complexity index is 783. The van der Waals surface area contributed by atoms with Crippen molar-refractivity contribution in [3.8, 4) is 11.5 Å². The number of para-hydroxylation sites is 1. The van der Waals surface area contributed by atoms with E-state index in [1.54, 1.807) is 14.2 Å². The molecule has 0 heterocycles. The zero-order chi connectivity index (χ0) is 18.4. The van der Waals surface area contributed by atoms with Crippen molar-refractivity contribution in [2.45, 2.75) is 20.8 Å². The van der Waals surface area contributed by atoms with Gasteiger partial charge >= 0.3 is 0 Å².